The van der Waals surface area contributed by atoms with E-state index in [1.165, 1.54) is 16.4 Å². The fourth-order valence-corrected chi connectivity index (χ4v) is 4.52. The number of hydrogen-bond acceptors (Lipinski definition) is 6. The fraction of sp³-hybridized carbons (Fsp3) is 0.562. The standard InChI is InChI=1S/C16H22N2O6S/c1-12(16(19)20)17-5-2-6-18(8-7-17)25(21,22)13-3-4-14-15(11-13)24-10-9-23-14/h3-4,11-12H,2,5-10H2,1H3,(H,19,20). The molecule has 1 N–H and O–H groups in total. The van der Waals surface area contributed by atoms with Crippen molar-refractivity contribution < 1.29 is 27.8 Å². The maximum atomic E-state index is 12.9. The summed E-state index contributed by atoms with van der Waals surface area (Å²) in [5.74, 6) is 0.0777. The van der Waals surface area contributed by atoms with Gasteiger partial charge in [-0.25, -0.2) is 8.42 Å². The summed E-state index contributed by atoms with van der Waals surface area (Å²) < 4.78 is 38.2. The summed E-state index contributed by atoms with van der Waals surface area (Å²) >= 11 is 0. The van der Waals surface area contributed by atoms with Crippen molar-refractivity contribution in [3.05, 3.63) is 18.2 Å². The van der Waals surface area contributed by atoms with Gasteiger partial charge >= 0.3 is 5.97 Å². The van der Waals surface area contributed by atoms with Gasteiger partial charge in [-0.2, -0.15) is 4.31 Å². The second-order valence-corrected chi connectivity index (χ2v) is 8.05. The molecule has 8 nitrogen and oxygen atoms in total. The number of aliphatic carboxylic acids is 1. The Morgan fingerprint density at radius 2 is 1.84 bits per heavy atom. The third-order valence-electron chi connectivity index (χ3n) is 4.55. The summed E-state index contributed by atoms with van der Waals surface area (Å²) in [7, 11) is -3.66. The van der Waals surface area contributed by atoms with E-state index in [2.05, 4.69) is 0 Å². The molecule has 1 fully saturated rings. The second kappa shape index (κ2) is 7.19. The highest BCUT2D eigenvalue weighted by atomic mass is 32.2. The molecule has 138 valence electrons. The zero-order valence-corrected chi connectivity index (χ0v) is 14.9. The Labute approximate surface area is 147 Å². The van der Waals surface area contributed by atoms with E-state index < -0.39 is 22.0 Å². The molecule has 0 spiro atoms. The molecule has 1 atom stereocenters. The van der Waals surface area contributed by atoms with Crippen LogP contribution in [-0.2, 0) is 14.8 Å². The van der Waals surface area contributed by atoms with E-state index in [0.29, 0.717) is 50.8 Å². The zero-order valence-electron chi connectivity index (χ0n) is 14.1. The molecule has 1 aromatic rings. The molecule has 1 aromatic carbocycles. The van der Waals surface area contributed by atoms with Gasteiger partial charge < -0.3 is 14.6 Å². The molecule has 0 radical (unpaired) electrons. The number of fused-ring (bicyclic) bond motifs is 1. The summed E-state index contributed by atoms with van der Waals surface area (Å²) in [5, 5.41) is 9.14. The predicted molar refractivity (Wildman–Crippen MR) is 89.5 cm³/mol. The molecule has 25 heavy (non-hydrogen) atoms. The molecule has 3 rings (SSSR count). The van der Waals surface area contributed by atoms with Crippen LogP contribution in [0.15, 0.2) is 23.1 Å². The fourth-order valence-electron chi connectivity index (χ4n) is 3.03. The molecule has 0 bridgehead atoms. The average molecular weight is 370 g/mol. The normalized spacial score (nSPS) is 20.7. The molecule has 0 amide bonds. The van der Waals surface area contributed by atoms with Crippen LogP contribution >= 0.6 is 0 Å². The number of carbonyl (C=O) groups is 1. The lowest BCUT2D eigenvalue weighted by molar-refractivity contribution is -0.142. The lowest BCUT2D eigenvalue weighted by Crippen LogP contribution is -2.42. The molecule has 0 saturated carbocycles. The Morgan fingerprint density at radius 3 is 2.56 bits per heavy atom. The van der Waals surface area contributed by atoms with Gasteiger partial charge in [0, 0.05) is 32.2 Å². The smallest absolute Gasteiger partial charge is 0.320 e. The number of rotatable bonds is 4. The lowest BCUT2D eigenvalue weighted by Gasteiger charge is -2.25. The first kappa shape index (κ1) is 18.0. The van der Waals surface area contributed by atoms with Crippen LogP contribution in [0.3, 0.4) is 0 Å². The van der Waals surface area contributed by atoms with Gasteiger partial charge in [-0.15, -0.1) is 0 Å². The van der Waals surface area contributed by atoms with Gasteiger partial charge in [-0.3, -0.25) is 9.69 Å². The SMILES string of the molecule is CC(C(=O)O)N1CCCN(S(=O)(=O)c2ccc3c(c2)OCCO3)CC1. The summed E-state index contributed by atoms with van der Waals surface area (Å²) in [6.45, 7) is 4.02. The number of carboxylic acids is 1. The maximum absolute atomic E-state index is 12.9. The van der Waals surface area contributed by atoms with Crippen molar-refractivity contribution in [2.24, 2.45) is 0 Å². The van der Waals surface area contributed by atoms with E-state index >= 15 is 0 Å². The Hall–Kier alpha value is -1.84. The van der Waals surface area contributed by atoms with Crippen molar-refractivity contribution in [2.45, 2.75) is 24.3 Å². The van der Waals surface area contributed by atoms with Crippen LogP contribution in [-0.4, -0.2) is 74.1 Å². The summed E-state index contributed by atoms with van der Waals surface area (Å²) in [6, 6.07) is 3.99. The van der Waals surface area contributed by atoms with Crippen molar-refractivity contribution in [1.82, 2.24) is 9.21 Å². The number of hydrogen-bond donors (Lipinski definition) is 1. The number of benzene rings is 1. The summed E-state index contributed by atoms with van der Waals surface area (Å²) in [6.07, 6.45) is 0.585. The van der Waals surface area contributed by atoms with Crippen LogP contribution in [0.2, 0.25) is 0 Å². The van der Waals surface area contributed by atoms with E-state index in [-0.39, 0.29) is 11.4 Å². The van der Waals surface area contributed by atoms with E-state index in [0.717, 1.165) is 0 Å². The Morgan fingerprint density at radius 1 is 1.12 bits per heavy atom. The van der Waals surface area contributed by atoms with E-state index in [1.54, 1.807) is 17.9 Å². The quantitative estimate of drug-likeness (QED) is 0.830. The minimum absolute atomic E-state index is 0.163. The Balaban J connectivity index is 1.77. The lowest BCUT2D eigenvalue weighted by atomic mass is 10.2. The van der Waals surface area contributed by atoms with Gasteiger partial charge in [0.1, 0.15) is 19.3 Å². The first-order valence-electron chi connectivity index (χ1n) is 8.26. The number of nitrogens with zero attached hydrogens (tertiary/aromatic N) is 2. The number of ether oxygens (including phenoxy) is 2. The highest BCUT2D eigenvalue weighted by molar-refractivity contribution is 7.89. The van der Waals surface area contributed by atoms with E-state index in [9.17, 15) is 13.2 Å². The predicted octanol–water partition coefficient (Wildman–Crippen LogP) is 0.627. The van der Waals surface area contributed by atoms with Crippen LogP contribution in [0.4, 0.5) is 0 Å². The first-order chi connectivity index (χ1) is 11.9. The largest absolute Gasteiger partial charge is 0.486 e. The van der Waals surface area contributed by atoms with Crippen LogP contribution in [0.25, 0.3) is 0 Å². The molecular weight excluding hydrogens is 348 g/mol. The van der Waals surface area contributed by atoms with E-state index in [1.807, 2.05) is 0 Å². The van der Waals surface area contributed by atoms with Crippen molar-refractivity contribution >= 4 is 16.0 Å². The summed E-state index contributed by atoms with van der Waals surface area (Å²) in [4.78, 5) is 13.1. The molecule has 2 aliphatic heterocycles. The van der Waals surface area contributed by atoms with Crippen LogP contribution in [0.1, 0.15) is 13.3 Å². The molecule has 2 heterocycles. The minimum Gasteiger partial charge on any atom is -0.486 e. The van der Waals surface area contributed by atoms with Crippen molar-refractivity contribution in [3.8, 4) is 11.5 Å². The topological polar surface area (TPSA) is 96.4 Å². The molecule has 9 heteroatoms. The van der Waals surface area contributed by atoms with Crippen molar-refractivity contribution in [1.29, 1.82) is 0 Å². The Kier molecular flexibility index (Phi) is 5.16. The van der Waals surface area contributed by atoms with Gasteiger partial charge in [0.2, 0.25) is 10.0 Å². The number of sulfonamides is 1. The van der Waals surface area contributed by atoms with Crippen LogP contribution in [0.5, 0.6) is 11.5 Å². The molecule has 1 unspecified atom stereocenters. The first-order valence-corrected chi connectivity index (χ1v) is 9.70. The highest BCUT2D eigenvalue weighted by Gasteiger charge is 2.30. The molecule has 0 aromatic heterocycles. The molecule has 1 saturated heterocycles. The molecule has 0 aliphatic carbocycles. The van der Waals surface area contributed by atoms with Crippen LogP contribution < -0.4 is 9.47 Å². The summed E-state index contributed by atoms with van der Waals surface area (Å²) in [5.41, 5.74) is 0. The van der Waals surface area contributed by atoms with Crippen molar-refractivity contribution in [3.63, 3.8) is 0 Å². The average Bonchev–Trinajstić information content (AvgIpc) is 2.87. The van der Waals surface area contributed by atoms with Gasteiger partial charge in [0.05, 0.1) is 4.90 Å². The van der Waals surface area contributed by atoms with E-state index in [4.69, 9.17) is 14.6 Å². The van der Waals surface area contributed by atoms with Gasteiger partial charge in [-0.1, -0.05) is 0 Å². The minimum atomic E-state index is -3.66. The molecule has 2 aliphatic rings. The highest BCUT2D eigenvalue weighted by Crippen LogP contribution is 2.33. The number of carboxylic acid groups (broad SMARTS) is 1. The molecular formula is C16H22N2O6S. The Bertz CT molecular complexity index is 751. The van der Waals surface area contributed by atoms with Crippen molar-refractivity contribution in [2.75, 3.05) is 39.4 Å². The third kappa shape index (κ3) is 3.73. The third-order valence-corrected chi connectivity index (χ3v) is 6.44. The monoisotopic (exact) mass is 370 g/mol. The second-order valence-electron chi connectivity index (χ2n) is 6.11. The van der Waals surface area contributed by atoms with Gasteiger partial charge in [0.15, 0.2) is 11.5 Å². The zero-order chi connectivity index (χ0) is 18.0. The van der Waals surface area contributed by atoms with Gasteiger partial charge in [0.25, 0.3) is 0 Å². The van der Waals surface area contributed by atoms with Gasteiger partial charge in [-0.05, 0) is 25.5 Å². The van der Waals surface area contributed by atoms with Crippen LogP contribution in [0, 0.1) is 0 Å². The maximum Gasteiger partial charge on any atom is 0.320 e.